The van der Waals surface area contributed by atoms with E-state index in [2.05, 4.69) is 27.6 Å². The minimum atomic E-state index is -0.164. The first-order valence-electron chi connectivity index (χ1n) is 7.99. The third kappa shape index (κ3) is 3.28. The van der Waals surface area contributed by atoms with Gasteiger partial charge in [0.05, 0.1) is 23.0 Å². The Hall–Kier alpha value is -2.73. The SMILES string of the molecule is CCNCc1ccc(NC(=O)c2cc3c(cnn3C)nc2C)cc1. The average molecular weight is 323 g/mol. The minimum absolute atomic E-state index is 0.164. The van der Waals surface area contributed by atoms with Crippen molar-refractivity contribution in [1.29, 1.82) is 0 Å². The number of nitrogens with zero attached hydrogens (tertiary/aromatic N) is 3. The highest BCUT2D eigenvalue weighted by atomic mass is 16.1. The molecular weight excluding hydrogens is 302 g/mol. The number of aryl methyl sites for hydroxylation is 2. The molecule has 2 N–H and O–H groups in total. The monoisotopic (exact) mass is 323 g/mol. The molecule has 0 bridgehead atoms. The number of nitrogens with one attached hydrogen (secondary N) is 2. The van der Waals surface area contributed by atoms with E-state index in [4.69, 9.17) is 0 Å². The highest BCUT2D eigenvalue weighted by molar-refractivity contribution is 6.06. The van der Waals surface area contributed by atoms with Crippen LogP contribution in [0, 0.1) is 6.92 Å². The number of rotatable bonds is 5. The van der Waals surface area contributed by atoms with Gasteiger partial charge in [-0.1, -0.05) is 19.1 Å². The van der Waals surface area contributed by atoms with E-state index in [-0.39, 0.29) is 5.91 Å². The van der Waals surface area contributed by atoms with Gasteiger partial charge in [-0.2, -0.15) is 5.10 Å². The number of pyridine rings is 1. The van der Waals surface area contributed by atoms with Crippen LogP contribution in [0.25, 0.3) is 11.0 Å². The average Bonchev–Trinajstić information content (AvgIpc) is 2.93. The molecule has 0 aliphatic heterocycles. The number of fused-ring (bicyclic) bond motifs is 1. The van der Waals surface area contributed by atoms with Gasteiger partial charge in [-0.25, -0.2) is 4.98 Å². The lowest BCUT2D eigenvalue weighted by atomic mass is 10.1. The number of carbonyl (C=O) groups excluding carboxylic acids is 1. The van der Waals surface area contributed by atoms with Crippen LogP contribution in [0.15, 0.2) is 36.5 Å². The van der Waals surface area contributed by atoms with E-state index in [1.165, 1.54) is 5.56 Å². The Morgan fingerprint density at radius 2 is 2.00 bits per heavy atom. The van der Waals surface area contributed by atoms with Crippen molar-refractivity contribution in [1.82, 2.24) is 20.1 Å². The van der Waals surface area contributed by atoms with Crippen LogP contribution >= 0.6 is 0 Å². The van der Waals surface area contributed by atoms with Crippen LogP contribution in [0.3, 0.4) is 0 Å². The Bertz CT molecular complexity index is 867. The molecule has 3 rings (SSSR count). The molecule has 0 unspecified atom stereocenters. The van der Waals surface area contributed by atoms with E-state index in [9.17, 15) is 4.79 Å². The second-order valence-corrected chi connectivity index (χ2v) is 5.73. The van der Waals surface area contributed by atoms with Crippen LogP contribution in [0.4, 0.5) is 5.69 Å². The Balaban J connectivity index is 1.79. The normalized spacial score (nSPS) is 11.0. The van der Waals surface area contributed by atoms with Crippen molar-refractivity contribution in [3.05, 3.63) is 53.3 Å². The van der Waals surface area contributed by atoms with Crippen molar-refractivity contribution >= 4 is 22.6 Å². The van der Waals surface area contributed by atoms with Crippen molar-refractivity contribution in [3.63, 3.8) is 0 Å². The van der Waals surface area contributed by atoms with E-state index in [0.717, 1.165) is 29.8 Å². The van der Waals surface area contributed by atoms with Gasteiger partial charge < -0.3 is 10.6 Å². The maximum atomic E-state index is 12.6. The maximum Gasteiger partial charge on any atom is 0.257 e. The van der Waals surface area contributed by atoms with Gasteiger partial charge in [0.15, 0.2) is 0 Å². The fourth-order valence-electron chi connectivity index (χ4n) is 2.57. The molecule has 6 heteroatoms. The molecule has 0 aliphatic rings. The van der Waals surface area contributed by atoms with E-state index < -0.39 is 0 Å². The molecule has 3 aromatic rings. The van der Waals surface area contributed by atoms with E-state index >= 15 is 0 Å². The lowest BCUT2D eigenvalue weighted by Crippen LogP contribution is -2.15. The number of amides is 1. The Morgan fingerprint density at radius 3 is 2.71 bits per heavy atom. The molecule has 0 saturated carbocycles. The molecule has 6 nitrogen and oxygen atoms in total. The topological polar surface area (TPSA) is 71.8 Å². The summed E-state index contributed by atoms with van der Waals surface area (Å²) in [7, 11) is 1.84. The largest absolute Gasteiger partial charge is 0.322 e. The molecule has 1 aromatic carbocycles. The molecular formula is C18H21N5O. The highest BCUT2D eigenvalue weighted by Crippen LogP contribution is 2.18. The van der Waals surface area contributed by atoms with Crippen molar-refractivity contribution in [2.75, 3.05) is 11.9 Å². The molecule has 0 fully saturated rings. The number of anilines is 1. The van der Waals surface area contributed by atoms with Crippen LogP contribution in [-0.4, -0.2) is 27.2 Å². The van der Waals surface area contributed by atoms with Crippen LogP contribution in [0.5, 0.6) is 0 Å². The number of hydrogen-bond acceptors (Lipinski definition) is 4. The number of aromatic nitrogens is 3. The molecule has 124 valence electrons. The molecule has 2 heterocycles. The minimum Gasteiger partial charge on any atom is -0.322 e. The Morgan fingerprint density at radius 1 is 1.25 bits per heavy atom. The molecule has 0 radical (unpaired) electrons. The predicted octanol–water partition coefficient (Wildman–Crippen LogP) is 2.64. The maximum absolute atomic E-state index is 12.6. The van der Waals surface area contributed by atoms with E-state index in [1.54, 1.807) is 10.9 Å². The van der Waals surface area contributed by atoms with Gasteiger partial charge in [-0.3, -0.25) is 9.48 Å². The lowest BCUT2D eigenvalue weighted by Gasteiger charge is -2.09. The van der Waals surface area contributed by atoms with Crippen LogP contribution in [-0.2, 0) is 13.6 Å². The van der Waals surface area contributed by atoms with Crippen molar-refractivity contribution in [2.24, 2.45) is 7.05 Å². The van der Waals surface area contributed by atoms with Gasteiger partial charge in [0.2, 0.25) is 0 Å². The van der Waals surface area contributed by atoms with Gasteiger partial charge >= 0.3 is 0 Å². The zero-order valence-corrected chi connectivity index (χ0v) is 14.1. The third-order valence-electron chi connectivity index (χ3n) is 3.96. The van der Waals surface area contributed by atoms with Crippen molar-refractivity contribution < 1.29 is 4.79 Å². The summed E-state index contributed by atoms with van der Waals surface area (Å²) in [6, 6.07) is 9.67. The summed E-state index contributed by atoms with van der Waals surface area (Å²) in [4.78, 5) is 17.0. The summed E-state index contributed by atoms with van der Waals surface area (Å²) >= 11 is 0. The summed E-state index contributed by atoms with van der Waals surface area (Å²) in [6.45, 7) is 5.66. The van der Waals surface area contributed by atoms with Crippen molar-refractivity contribution in [3.8, 4) is 0 Å². The summed E-state index contributed by atoms with van der Waals surface area (Å²) in [5.41, 5.74) is 4.83. The summed E-state index contributed by atoms with van der Waals surface area (Å²) < 4.78 is 1.72. The number of benzene rings is 1. The fourth-order valence-corrected chi connectivity index (χ4v) is 2.57. The second-order valence-electron chi connectivity index (χ2n) is 5.73. The molecule has 0 atom stereocenters. The van der Waals surface area contributed by atoms with Gasteiger partial charge in [0, 0.05) is 19.3 Å². The number of hydrogen-bond donors (Lipinski definition) is 2. The zero-order chi connectivity index (χ0) is 17.1. The van der Waals surface area contributed by atoms with Gasteiger partial charge in [0.1, 0.15) is 5.52 Å². The molecule has 2 aromatic heterocycles. The Kier molecular flexibility index (Phi) is 4.57. The quantitative estimate of drug-likeness (QED) is 0.757. The van der Waals surface area contributed by atoms with Gasteiger partial charge in [-0.15, -0.1) is 0 Å². The smallest absolute Gasteiger partial charge is 0.257 e. The highest BCUT2D eigenvalue weighted by Gasteiger charge is 2.13. The van der Waals surface area contributed by atoms with E-state index in [1.807, 2.05) is 44.3 Å². The summed E-state index contributed by atoms with van der Waals surface area (Å²) in [5, 5.41) is 10.4. The first kappa shape index (κ1) is 16.1. The third-order valence-corrected chi connectivity index (χ3v) is 3.96. The zero-order valence-electron chi connectivity index (χ0n) is 14.1. The fraction of sp³-hybridized carbons (Fsp3) is 0.278. The molecule has 0 aliphatic carbocycles. The van der Waals surface area contributed by atoms with E-state index in [0.29, 0.717) is 11.3 Å². The van der Waals surface area contributed by atoms with Crippen LogP contribution in [0.1, 0.15) is 28.5 Å². The summed E-state index contributed by atoms with van der Waals surface area (Å²) in [5.74, 6) is -0.164. The molecule has 0 saturated heterocycles. The predicted molar refractivity (Wildman–Crippen MR) is 95.0 cm³/mol. The Labute approximate surface area is 140 Å². The van der Waals surface area contributed by atoms with Crippen LogP contribution in [0.2, 0.25) is 0 Å². The summed E-state index contributed by atoms with van der Waals surface area (Å²) in [6.07, 6.45) is 1.70. The number of carbonyl (C=O) groups is 1. The van der Waals surface area contributed by atoms with Gasteiger partial charge in [-0.05, 0) is 37.2 Å². The lowest BCUT2D eigenvalue weighted by molar-refractivity contribution is 0.102. The van der Waals surface area contributed by atoms with Crippen LogP contribution < -0.4 is 10.6 Å². The second kappa shape index (κ2) is 6.80. The molecule has 24 heavy (non-hydrogen) atoms. The first-order valence-corrected chi connectivity index (χ1v) is 7.99. The molecule has 0 spiro atoms. The molecule has 1 amide bonds. The first-order chi connectivity index (χ1) is 11.6. The van der Waals surface area contributed by atoms with Crippen molar-refractivity contribution in [2.45, 2.75) is 20.4 Å². The standard InChI is InChI=1S/C18H21N5O/c1-4-19-10-13-5-7-14(8-6-13)22-18(24)15-9-17-16(21-12(15)2)11-20-23(17)3/h5-9,11,19H,4,10H2,1-3H3,(H,22,24). The van der Waals surface area contributed by atoms with Gasteiger partial charge in [0.25, 0.3) is 5.91 Å².